The first-order chi connectivity index (χ1) is 4.72. The van der Waals surface area contributed by atoms with E-state index in [0.717, 1.165) is 0 Å². The van der Waals surface area contributed by atoms with E-state index >= 15 is 0 Å². The molecular weight excluding hydrogens is 170 g/mol. The Bertz CT molecular complexity index is 262. The van der Waals surface area contributed by atoms with Gasteiger partial charge >= 0.3 is 29.6 Å². The van der Waals surface area contributed by atoms with Crippen LogP contribution in [0.4, 0.5) is 0 Å². The minimum Gasteiger partial charge on any atom is -0.545 e. The standard InChI is InChI=1S/C7H7O2P.Na/c8-7(9)5-3-1-2-4-6(5)10;/h1-4H,10H2,(H,8,9);/q;+1/p-1. The van der Waals surface area contributed by atoms with Crippen molar-refractivity contribution in [3.8, 4) is 0 Å². The van der Waals surface area contributed by atoms with Gasteiger partial charge in [-0.3, -0.25) is 0 Å². The molecule has 1 aromatic carbocycles. The molecule has 11 heavy (non-hydrogen) atoms. The predicted molar refractivity (Wildman–Crippen MR) is 40.1 cm³/mol. The van der Waals surface area contributed by atoms with Gasteiger partial charge in [0.15, 0.2) is 0 Å². The molecule has 4 heteroatoms. The second-order valence-corrected chi connectivity index (χ2v) is 2.50. The summed E-state index contributed by atoms with van der Waals surface area (Å²) in [7, 11) is 2.33. The smallest absolute Gasteiger partial charge is 0.545 e. The summed E-state index contributed by atoms with van der Waals surface area (Å²) in [6.07, 6.45) is 0. The molecule has 0 heterocycles. The van der Waals surface area contributed by atoms with Crippen molar-refractivity contribution >= 4 is 20.5 Å². The second kappa shape index (κ2) is 4.89. The van der Waals surface area contributed by atoms with E-state index in [1.54, 1.807) is 18.2 Å². The summed E-state index contributed by atoms with van der Waals surface area (Å²) in [6.45, 7) is 0. The maximum Gasteiger partial charge on any atom is 1.00 e. The molecule has 0 N–H and O–H groups in total. The number of aromatic carboxylic acids is 1. The average molecular weight is 176 g/mol. The number of carboxylic acids is 1. The Hall–Kier alpha value is 0.120. The van der Waals surface area contributed by atoms with Gasteiger partial charge < -0.3 is 9.90 Å². The summed E-state index contributed by atoms with van der Waals surface area (Å²) in [5.74, 6) is -1.13. The van der Waals surface area contributed by atoms with Gasteiger partial charge in [0.2, 0.25) is 0 Å². The number of benzene rings is 1. The Morgan fingerprint density at radius 2 is 1.91 bits per heavy atom. The van der Waals surface area contributed by atoms with Gasteiger partial charge in [0.25, 0.3) is 0 Å². The van der Waals surface area contributed by atoms with Crippen LogP contribution in [0.25, 0.3) is 0 Å². The molecule has 0 fully saturated rings. The summed E-state index contributed by atoms with van der Waals surface area (Å²) in [5, 5.41) is 11.0. The first-order valence-corrected chi connectivity index (χ1v) is 3.35. The Labute approximate surface area is 89.5 Å². The largest absolute Gasteiger partial charge is 1.00 e. The van der Waals surface area contributed by atoms with E-state index in [4.69, 9.17) is 0 Å². The zero-order valence-corrected chi connectivity index (χ0v) is 9.36. The van der Waals surface area contributed by atoms with Crippen molar-refractivity contribution in [3.05, 3.63) is 29.8 Å². The molecule has 0 saturated carbocycles. The van der Waals surface area contributed by atoms with Gasteiger partial charge in [0.1, 0.15) is 0 Å². The number of carbonyl (C=O) groups is 1. The zero-order chi connectivity index (χ0) is 7.56. The predicted octanol–water partition coefficient (Wildman–Crippen LogP) is -3.45. The number of hydrogen-bond donors (Lipinski definition) is 0. The third kappa shape index (κ3) is 2.92. The molecule has 0 saturated heterocycles. The van der Waals surface area contributed by atoms with E-state index in [-0.39, 0.29) is 35.1 Å². The molecule has 2 nitrogen and oxygen atoms in total. The van der Waals surface area contributed by atoms with Crippen molar-refractivity contribution in [2.75, 3.05) is 0 Å². The molecule has 0 spiro atoms. The van der Waals surface area contributed by atoms with E-state index in [2.05, 4.69) is 9.24 Å². The zero-order valence-electron chi connectivity index (χ0n) is 6.20. The molecule has 1 atom stereocenters. The number of carbonyl (C=O) groups excluding carboxylic acids is 1. The fourth-order valence-electron chi connectivity index (χ4n) is 0.683. The molecular formula is C7H6NaO2P. The fraction of sp³-hybridized carbons (Fsp3) is 0. The topological polar surface area (TPSA) is 40.1 Å². The summed E-state index contributed by atoms with van der Waals surface area (Å²) in [6, 6.07) is 6.65. The molecule has 1 aromatic rings. The van der Waals surface area contributed by atoms with Gasteiger partial charge in [0, 0.05) is 5.56 Å². The number of carboxylic acid groups (broad SMARTS) is 1. The van der Waals surface area contributed by atoms with Crippen LogP contribution in [0.5, 0.6) is 0 Å². The quantitative estimate of drug-likeness (QED) is 0.330. The second-order valence-electron chi connectivity index (χ2n) is 1.87. The third-order valence-corrected chi connectivity index (χ3v) is 1.68. The third-order valence-electron chi connectivity index (χ3n) is 1.18. The van der Waals surface area contributed by atoms with Crippen LogP contribution in [0, 0.1) is 0 Å². The van der Waals surface area contributed by atoms with Crippen LogP contribution in [0.3, 0.4) is 0 Å². The molecule has 52 valence electrons. The van der Waals surface area contributed by atoms with Crippen molar-refractivity contribution in [1.29, 1.82) is 0 Å². The Morgan fingerprint density at radius 3 is 2.27 bits per heavy atom. The van der Waals surface area contributed by atoms with Crippen LogP contribution in [-0.4, -0.2) is 5.97 Å². The fourth-order valence-corrected chi connectivity index (χ4v) is 1.01. The summed E-state index contributed by atoms with van der Waals surface area (Å²) < 4.78 is 0. The van der Waals surface area contributed by atoms with E-state index in [1.807, 2.05) is 0 Å². The van der Waals surface area contributed by atoms with Gasteiger partial charge in [-0.1, -0.05) is 24.3 Å². The van der Waals surface area contributed by atoms with Crippen LogP contribution in [0.15, 0.2) is 24.3 Å². The van der Waals surface area contributed by atoms with Crippen LogP contribution >= 0.6 is 9.24 Å². The first-order valence-electron chi connectivity index (χ1n) is 2.77. The van der Waals surface area contributed by atoms with Crippen molar-refractivity contribution < 1.29 is 39.5 Å². The maximum atomic E-state index is 10.3. The minimum atomic E-state index is -1.13. The van der Waals surface area contributed by atoms with Crippen molar-refractivity contribution in [1.82, 2.24) is 0 Å². The summed E-state index contributed by atoms with van der Waals surface area (Å²) in [4.78, 5) is 10.3. The van der Waals surface area contributed by atoms with Gasteiger partial charge in [-0.05, 0) is 5.30 Å². The van der Waals surface area contributed by atoms with Gasteiger partial charge in [0.05, 0.1) is 5.97 Å². The monoisotopic (exact) mass is 176 g/mol. The normalized spacial score (nSPS) is 8.45. The van der Waals surface area contributed by atoms with Crippen molar-refractivity contribution in [3.63, 3.8) is 0 Å². The summed E-state index contributed by atoms with van der Waals surface area (Å²) >= 11 is 0. The van der Waals surface area contributed by atoms with E-state index in [9.17, 15) is 9.90 Å². The Balaban J connectivity index is 0.000001000. The van der Waals surface area contributed by atoms with Crippen LogP contribution in [-0.2, 0) is 0 Å². The molecule has 0 aromatic heterocycles. The maximum absolute atomic E-state index is 10.3. The molecule has 1 unspecified atom stereocenters. The van der Waals surface area contributed by atoms with Crippen LogP contribution in [0.2, 0.25) is 0 Å². The number of hydrogen-bond acceptors (Lipinski definition) is 2. The first kappa shape index (κ1) is 11.1. The Kier molecular flexibility index (Phi) is 4.94. The van der Waals surface area contributed by atoms with Crippen molar-refractivity contribution in [2.45, 2.75) is 0 Å². The molecule has 0 bridgehead atoms. The minimum absolute atomic E-state index is 0. The molecule has 0 amide bonds. The Morgan fingerprint density at radius 1 is 1.36 bits per heavy atom. The van der Waals surface area contributed by atoms with E-state index in [1.165, 1.54) is 6.07 Å². The molecule has 0 radical (unpaired) electrons. The number of rotatable bonds is 1. The van der Waals surface area contributed by atoms with Crippen molar-refractivity contribution in [2.24, 2.45) is 0 Å². The summed E-state index contributed by atoms with van der Waals surface area (Å²) in [5.41, 5.74) is 0.229. The van der Waals surface area contributed by atoms with E-state index in [0.29, 0.717) is 5.30 Å². The molecule has 0 aliphatic rings. The van der Waals surface area contributed by atoms with Gasteiger partial charge in [-0.2, -0.15) is 0 Å². The SMILES string of the molecule is O=C([O-])c1ccccc1P.[Na+]. The van der Waals surface area contributed by atoms with Gasteiger partial charge in [-0.25, -0.2) is 0 Å². The van der Waals surface area contributed by atoms with E-state index < -0.39 is 5.97 Å². The average Bonchev–Trinajstić information content (AvgIpc) is 1.88. The molecule has 1 rings (SSSR count). The van der Waals surface area contributed by atoms with Crippen LogP contribution in [0.1, 0.15) is 10.4 Å². The molecule has 0 aliphatic carbocycles. The van der Waals surface area contributed by atoms with Crippen LogP contribution < -0.4 is 40.0 Å². The molecule has 0 aliphatic heterocycles. The van der Waals surface area contributed by atoms with Gasteiger partial charge in [-0.15, -0.1) is 9.24 Å².